The quantitative estimate of drug-likeness (QED) is 0.0261. The van der Waals surface area contributed by atoms with E-state index in [2.05, 4.69) is 45.1 Å². The monoisotopic (exact) mass is 1040 g/mol. The van der Waals surface area contributed by atoms with Crippen LogP contribution in [0.4, 0.5) is 0 Å². The van der Waals surface area contributed by atoms with Gasteiger partial charge >= 0.3 is 17.9 Å². The van der Waals surface area contributed by atoms with Gasteiger partial charge in [0.1, 0.15) is 13.2 Å². The zero-order valence-corrected chi connectivity index (χ0v) is 50.1. The molecule has 0 aromatic carbocycles. The predicted molar refractivity (Wildman–Crippen MR) is 321 cm³/mol. The number of carbonyl (C=O) groups excluding carboxylic acids is 3. The van der Waals surface area contributed by atoms with Crippen molar-refractivity contribution in [2.24, 2.45) is 0 Å². The summed E-state index contributed by atoms with van der Waals surface area (Å²) in [5.74, 6) is -0.849. The highest BCUT2D eigenvalue weighted by molar-refractivity contribution is 5.71. The Morgan fingerprint density at radius 3 is 0.676 bits per heavy atom. The fourth-order valence-corrected chi connectivity index (χ4v) is 10.1. The van der Waals surface area contributed by atoms with E-state index in [9.17, 15) is 14.4 Å². The molecule has 0 N–H and O–H groups in total. The molecule has 74 heavy (non-hydrogen) atoms. The van der Waals surface area contributed by atoms with Crippen LogP contribution in [-0.2, 0) is 28.6 Å². The highest BCUT2D eigenvalue weighted by Crippen LogP contribution is 2.18. The second kappa shape index (κ2) is 63.4. The lowest BCUT2D eigenvalue weighted by molar-refractivity contribution is -0.167. The van der Waals surface area contributed by atoms with E-state index >= 15 is 0 Å². The van der Waals surface area contributed by atoms with Gasteiger partial charge in [-0.05, 0) is 70.6 Å². The van der Waals surface area contributed by atoms with Crippen LogP contribution in [0.2, 0.25) is 0 Å². The van der Waals surface area contributed by atoms with Gasteiger partial charge < -0.3 is 14.2 Å². The molecule has 0 saturated carbocycles. The van der Waals surface area contributed by atoms with Gasteiger partial charge in [0.15, 0.2) is 6.10 Å². The van der Waals surface area contributed by atoms with Crippen molar-refractivity contribution >= 4 is 17.9 Å². The molecule has 0 saturated heterocycles. The second-order valence-electron chi connectivity index (χ2n) is 22.7. The molecule has 0 fully saturated rings. The molecule has 6 heteroatoms. The zero-order chi connectivity index (χ0) is 53.6. The van der Waals surface area contributed by atoms with Crippen molar-refractivity contribution in [2.75, 3.05) is 13.2 Å². The Morgan fingerprint density at radius 2 is 0.446 bits per heavy atom. The molecule has 0 aliphatic heterocycles. The molecule has 0 bridgehead atoms. The van der Waals surface area contributed by atoms with Gasteiger partial charge in [-0.15, -0.1) is 0 Å². The summed E-state index contributed by atoms with van der Waals surface area (Å²) in [5, 5.41) is 0. The second-order valence-corrected chi connectivity index (χ2v) is 22.7. The van der Waals surface area contributed by atoms with Crippen LogP contribution in [0.15, 0.2) is 24.3 Å². The van der Waals surface area contributed by atoms with E-state index in [0.29, 0.717) is 19.3 Å². The van der Waals surface area contributed by atoms with Gasteiger partial charge in [-0.3, -0.25) is 14.4 Å². The van der Waals surface area contributed by atoms with E-state index in [1.54, 1.807) is 0 Å². The van der Waals surface area contributed by atoms with Gasteiger partial charge in [-0.2, -0.15) is 0 Å². The third-order valence-electron chi connectivity index (χ3n) is 15.2. The maximum atomic E-state index is 12.9. The van der Waals surface area contributed by atoms with Gasteiger partial charge in [-0.25, -0.2) is 0 Å². The van der Waals surface area contributed by atoms with Crippen LogP contribution < -0.4 is 0 Å². The van der Waals surface area contributed by atoms with Crippen LogP contribution in [0.5, 0.6) is 0 Å². The lowest BCUT2D eigenvalue weighted by Crippen LogP contribution is -2.30. The fourth-order valence-electron chi connectivity index (χ4n) is 10.1. The van der Waals surface area contributed by atoms with Crippen LogP contribution in [0.25, 0.3) is 0 Å². The summed E-state index contributed by atoms with van der Waals surface area (Å²) in [6.07, 6.45) is 76.3. The molecule has 0 aliphatic rings. The van der Waals surface area contributed by atoms with Crippen molar-refractivity contribution in [1.29, 1.82) is 0 Å². The predicted octanol–water partition coefficient (Wildman–Crippen LogP) is 22.6. The van der Waals surface area contributed by atoms with Crippen LogP contribution >= 0.6 is 0 Å². The maximum Gasteiger partial charge on any atom is 0.306 e. The Kier molecular flexibility index (Phi) is 61.6. The molecule has 0 aromatic heterocycles. The minimum Gasteiger partial charge on any atom is -0.462 e. The Labute approximate surface area is 462 Å². The van der Waals surface area contributed by atoms with Crippen LogP contribution in [-0.4, -0.2) is 37.2 Å². The van der Waals surface area contributed by atoms with E-state index < -0.39 is 6.10 Å². The smallest absolute Gasteiger partial charge is 0.306 e. The van der Waals surface area contributed by atoms with E-state index in [-0.39, 0.29) is 31.1 Å². The molecule has 6 nitrogen and oxygen atoms in total. The van der Waals surface area contributed by atoms with Crippen LogP contribution in [0.3, 0.4) is 0 Å². The normalized spacial score (nSPS) is 12.1. The number of carbonyl (C=O) groups is 3. The van der Waals surface area contributed by atoms with Crippen molar-refractivity contribution in [1.82, 2.24) is 0 Å². The molecule has 0 aliphatic carbocycles. The SMILES string of the molecule is CCCCCCC/C=C\CCCCCCCC(=O)OCC(COC(=O)CCCCCCCCCCCCCCCCC/C=C\CCCCCCCCCC)OC(=O)CCCCCCCCCCCCCCCCC. The minimum absolute atomic E-state index is 0.0681. The third-order valence-corrected chi connectivity index (χ3v) is 15.2. The fraction of sp³-hybridized carbons (Fsp3) is 0.897. The molecular formula is C68H128O6. The first-order valence-corrected chi connectivity index (χ1v) is 33.3. The molecule has 0 spiro atoms. The molecule has 1 atom stereocenters. The molecule has 1 unspecified atom stereocenters. The van der Waals surface area contributed by atoms with E-state index in [0.717, 1.165) is 64.2 Å². The number of hydrogen-bond donors (Lipinski definition) is 0. The molecule has 0 heterocycles. The Hall–Kier alpha value is -2.11. The minimum atomic E-state index is -0.771. The summed E-state index contributed by atoms with van der Waals surface area (Å²) in [7, 11) is 0. The lowest BCUT2D eigenvalue weighted by atomic mass is 10.0. The third kappa shape index (κ3) is 60.8. The van der Waals surface area contributed by atoms with E-state index in [4.69, 9.17) is 14.2 Å². The van der Waals surface area contributed by atoms with Gasteiger partial charge in [0.2, 0.25) is 0 Å². The van der Waals surface area contributed by atoms with Gasteiger partial charge in [0, 0.05) is 19.3 Å². The van der Waals surface area contributed by atoms with E-state index in [1.807, 2.05) is 0 Å². The summed E-state index contributed by atoms with van der Waals surface area (Å²) in [5.41, 5.74) is 0. The summed E-state index contributed by atoms with van der Waals surface area (Å²) < 4.78 is 16.9. The number of allylic oxidation sites excluding steroid dienone is 4. The summed E-state index contributed by atoms with van der Waals surface area (Å²) in [6.45, 7) is 6.69. The topological polar surface area (TPSA) is 78.9 Å². The molecule has 0 rings (SSSR count). The Balaban J connectivity index is 4.19. The van der Waals surface area contributed by atoms with Crippen LogP contribution in [0.1, 0.15) is 374 Å². The van der Waals surface area contributed by atoms with Crippen LogP contribution in [0, 0.1) is 0 Å². The molecule has 436 valence electrons. The first-order chi connectivity index (χ1) is 36.5. The Morgan fingerprint density at radius 1 is 0.257 bits per heavy atom. The van der Waals surface area contributed by atoms with Crippen molar-refractivity contribution in [3.8, 4) is 0 Å². The number of rotatable bonds is 62. The average molecular weight is 1040 g/mol. The summed E-state index contributed by atoms with van der Waals surface area (Å²) in [6, 6.07) is 0. The highest BCUT2D eigenvalue weighted by Gasteiger charge is 2.19. The highest BCUT2D eigenvalue weighted by atomic mass is 16.6. The first kappa shape index (κ1) is 71.9. The van der Waals surface area contributed by atoms with Crippen molar-refractivity contribution < 1.29 is 28.6 Å². The number of unbranched alkanes of at least 4 members (excludes halogenated alkanes) is 47. The molecule has 0 amide bonds. The molecular weight excluding hydrogens is 913 g/mol. The standard InChI is InChI=1S/C68H128O6/c1-4-7-10-13-16-19-22-25-28-29-30-31-32-33-34-35-36-37-38-39-41-43-46-49-52-55-58-61-67(70)73-64-65(63-72-66(69)60-57-54-51-48-45-42-27-24-21-18-15-12-9-6-3)74-68(71)62-59-56-53-50-47-44-40-26-23-20-17-14-11-8-5-2/h24,27,29-30,65H,4-23,25-26,28,31-64H2,1-3H3/b27-24-,30-29-. The largest absolute Gasteiger partial charge is 0.462 e. The van der Waals surface area contributed by atoms with Crippen molar-refractivity contribution in [3.63, 3.8) is 0 Å². The Bertz CT molecular complexity index is 1190. The number of esters is 3. The molecule has 0 aromatic rings. The number of ether oxygens (including phenoxy) is 3. The average Bonchev–Trinajstić information content (AvgIpc) is 3.40. The van der Waals surface area contributed by atoms with Gasteiger partial charge in [0.25, 0.3) is 0 Å². The number of hydrogen-bond acceptors (Lipinski definition) is 6. The summed E-state index contributed by atoms with van der Waals surface area (Å²) >= 11 is 0. The van der Waals surface area contributed by atoms with Crippen molar-refractivity contribution in [3.05, 3.63) is 24.3 Å². The zero-order valence-electron chi connectivity index (χ0n) is 50.1. The van der Waals surface area contributed by atoms with E-state index in [1.165, 1.54) is 270 Å². The van der Waals surface area contributed by atoms with Gasteiger partial charge in [-0.1, -0.05) is 308 Å². The maximum absolute atomic E-state index is 12.9. The molecule has 0 radical (unpaired) electrons. The van der Waals surface area contributed by atoms with Gasteiger partial charge in [0.05, 0.1) is 0 Å². The lowest BCUT2D eigenvalue weighted by Gasteiger charge is -2.18. The summed E-state index contributed by atoms with van der Waals surface area (Å²) in [4.78, 5) is 38.3. The first-order valence-electron chi connectivity index (χ1n) is 33.3. The van der Waals surface area contributed by atoms with Crippen molar-refractivity contribution in [2.45, 2.75) is 380 Å².